The molecule has 1 aromatic rings. The van der Waals surface area contributed by atoms with Crippen LogP contribution in [-0.4, -0.2) is 83.6 Å². The van der Waals surface area contributed by atoms with E-state index in [9.17, 15) is 24.6 Å². The number of methoxy groups -OCH3 is 1. The van der Waals surface area contributed by atoms with Gasteiger partial charge in [0.15, 0.2) is 5.60 Å². The molecule has 0 aromatic heterocycles. The van der Waals surface area contributed by atoms with Crippen LogP contribution in [0.4, 0.5) is 4.79 Å². The third kappa shape index (κ3) is 7.93. The summed E-state index contributed by atoms with van der Waals surface area (Å²) in [7, 11) is 1.13. The molecule has 0 bridgehead atoms. The highest BCUT2D eigenvalue weighted by atomic mass is 16.6. The van der Waals surface area contributed by atoms with E-state index in [-0.39, 0.29) is 18.4 Å². The Labute approximate surface area is 220 Å². The Morgan fingerprint density at radius 2 is 1.97 bits per heavy atom. The fraction of sp³-hybridized carbons (Fsp3) is 0.560. The maximum atomic E-state index is 13.0. The van der Waals surface area contributed by atoms with Gasteiger partial charge in [-0.25, -0.2) is 14.4 Å². The van der Waals surface area contributed by atoms with Crippen LogP contribution >= 0.6 is 0 Å². The van der Waals surface area contributed by atoms with Crippen LogP contribution in [0.25, 0.3) is 10.4 Å². The molecule has 1 fully saturated rings. The SMILES string of the molecule is C=CC[C@]1(C(=O)OC)C[C@H](OC(=O)c2ccccc2)[C@@H](NC(=O)OC(C)(C)C)[C@H]([C@H](O)[C@H](O)CN=[N+]=[N-])O1. The standard InChI is InChI=1S/C25H34N4O9/c1-6-12-25(22(33)35-5)13-17(36-21(32)15-10-8-7-9-11-15)18(28-23(34)38-24(2,3)4)20(37-25)19(31)16(30)14-27-29-26/h6-11,16-20,30-31H,1,12-14H2,2-5H3,(H,28,34)/t16-,17+,18-,19-,20-,25-/m1/s1. The summed E-state index contributed by atoms with van der Waals surface area (Å²) in [6, 6.07) is 6.70. The maximum Gasteiger partial charge on any atom is 0.408 e. The molecule has 0 unspecified atom stereocenters. The molecule has 1 aliphatic heterocycles. The van der Waals surface area contributed by atoms with Crippen molar-refractivity contribution in [3.05, 3.63) is 59.0 Å². The Morgan fingerprint density at radius 1 is 1.32 bits per heavy atom. The normalized spacial score (nSPS) is 24.6. The number of carbonyl (C=O) groups excluding carboxylic acids is 3. The van der Waals surface area contributed by atoms with Gasteiger partial charge in [-0.2, -0.15) is 0 Å². The molecule has 1 amide bonds. The average molecular weight is 535 g/mol. The zero-order chi connectivity index (χ0) is 28.5. The van der Waals surface area contributed by atoms with Crippen LogP contribution in [0.1, 0.15) is 44.0 Å². The van der Waals surface area contributed by atoms with Gasteiger partial charge >= 0.3 is 18.0 Å². The molecule has 2 rings (SSSR count). The van der Waals surface area contributed by atoms with E-state index in [1.165, 1.54) is 18.2 Å². The quantitative estimate of drug-likeness (QED) is 0.101. The number of amides is 1. The first-order valence-electron chi connectivity index (χ1n) is 11.9. The third-order valence-corrected chi connectivity index (χ3v) is 5.69. The van der Waals surface area contributed by atoms with Crippen LogP contribution < -0.4 is 5.32 Å². The molecule has 0 saturated carbocycles. The minimum absolute atomic E-state index is 0.117. The highest BCUT2D eigenvalue weighted by molar-refractivity contribution is 5.89. The van der Waals surface area contributed by atoms with Crippen LogP contribution in [0.15, 0.2) is 48.1 Å². The number of azide groups is 1. The summed E-state index contributed by atoms with van der Waals surface area (Å²) in [5.74, 6) is -1.62. The van der Waals surface area contributed by atoms with Gasteiger partial charge in [-0.15, -0.1) is 6.58 Å². The summed E-state index contributed by atoms with van der Waals surface area (Å²) >= 11 is 0. The lowest BCUT2D eigenvalue weighted by atomic mass is 9.81. The molecule has 1 saturated heterocycles. The maximum absolute atomic E-state index is 13.0. The molecule has 13 heteroatoms. The number of carbonyl (C=O) groups is 3. The first-order chi connectivity index (χ1) is 17.9. The number of esters is 2. The fourth-order valence-electron chi connectivity index (χ4n) is 4.05. The Bertz CT molecular complexity index is 1040. The predicted octanol–water partition coefficient (Wildman–Crippen LogP) is 2.41. The second kappa shape index (κ2) is 13.2. The molecule has 1 aromatic carbocycles. The molecule has 0 radical (unpaired) electrons. The molecule has 1 heterocycles. The molecule has 0 spiro atoms. The molecular formula is C25H34N4O9. The minimum atomic E-state index is -1.81. The lowest BCUT2D eigenvalue weighted by Crippen LogP contribution is -2.68. The number of rotatable bonds is 10. The van der Waals surface area contributed by atoms with Gasteiger partial charge in [-0.05, 0) is 38.4 Å². The van der Waals surface area contributed by atoms with Crippen LogP contribution in [0.5, 0.6) is 0 Å². The van der Waals surface area contributed by atoms with E-state index in [2.05, 4.69) is 21.9 Å². The molecule has 1 aliphatic rings. The molecule has 0 aliphatic carbocycles. The van der Waals surface area contributed by atoms with E-state index in [4.69, 9.17) is 24.5 Å². The zero-order valence-corrected chi connectivity index (χ0v) is 21.8. The van der Waals surface area contributed by atoms with Crippen molar-refractivity contribution in [3.8, 4) is 0 Å². The van der Waals surface area contributed by atoms with Crippen molar-refractivity contribution in [2.45, 2.75) is 75.3 Å². The lowest BCUT2D eigenvalue weighted by Gasteiger charge is -2.48. The molecular weight excluding hydrogens is 500 g/mol. The summed E-state index contributed by atoms with van der Waals surface area (Å²) < 4.78 is 22.1. The molecule has 6 atom stereocenters. The Hall–Kier alpha value is -3.64. The number of aliphatic hydroxyl groups is 2. The van der Waals surface area contributed by atoms with Crippen molar-refractivity contribution in [1.29, 1.82) is 0 Å². The Morgan fingerprint density at radius 3 is 2.53 bits per heavy atom. The van der Waals surface area contributed by atoms with Crippen molar-refractivity contribution in [2.24, 2.45) is 5.11 Å². The van der Waals surface area contributed by atoms with Crippen LogP contribution in [-0.2, 0) is 23.7 Å². The second-order valence-corrected chi connectivity index (χ2v) is 9.72. The van der Waals surface area contributed by atoms with Crippen molar-refractivity contribution in [2.75, 3.05) is 13.7 Å². The summed E-state index contributed by atoms with van der Waals surface area (Å²) in [6.07, 6.45) is -6.25. The smallest absolute Gasteiger partial charge is 0.408 e. The number of nitrogens with zero attached hydrogens (tertiary/aromatic N) is 3. The van der Waals surface area contributed by atoms with Gasteiger partial charge in [0.05, 0.1) is 31.4 Å². The Kier molecular flexibility index (Phi) is 10.7. The third-order valence-electron chi connectivity index (χ3n) is 5.69. The topological polar surface area (TPSA) is 189 Å². The van der Waals surface area contributed by atoms with Gasteiger partial charge in [-0.1, -0.05) is 29.4 Å². The largest absolute Gasteiger partial charge is 0.467 e. The van der Waals surface area contributed by atoms with Crippen molar-refractivity contribution in [3.63, 3.8) is 0 Å². The highest BCUT2D eigenvalue weighted by Crippen LogP contribution is 2.37. The predicted molar refractivity (Wildman–Crippen MR) is 134 cm³/mol. The summed E-state index contributed by atoms with van der Waals surface area (Å²) in [4.78, 5) is 41.3. The van der Waals surface area contributed by atoms with Gasteiger partial charge in [0.1, 0.15) is 23.9 Å². The first-order valence-corrected chi connectivity index (χ1v) is 11.9. The van der Waals surface area contributed by atoms with E-state index < -0.39 is 66.2 Å². The fourth-order valence-corrected chi connectivity index (χ4v) is 4.05. The molecule has 13 nitrogen and oxygen atoms in total. The van der Waals surface area contributed by atoms with Crippen molar-refractivity contribution in [1.82, 2.24) is 5.32 Å². The first kappa shape index (κ1) is 30.6. The number of benzene rings is 1. The second-order valence-electron chi connectivity index (χ2n) is 9.72. The summed E-state index contributed by atoms with van der Waals surface area (Å²) in [5, 5.41) is 27.3. The molecule has 38 heavy (non-hydrogen) atoms. The van der Waals surface area contributed by atoms with E-state index in [0.29, 0.717) is 0 Å². The van der Waals surface area contributed by atoms with E-state index in [0.717, 1.165) is 7.11 Å². The van der Waals surface area contributed by atoms with Gasteiger partial charge < -0.3 is 34.5 Å². The average Bonchev–Trinajstić information content (AvgIpc) is 2.87. The van der Waals surface area contributed by atoms with Crippen LogP contribution in [0, 0.1) is 0 Å². The number of nitrogens with one attached hydrogen (secondary N) is 1. The van der Waals surface area contributed by atoms with Crippen LogP contribution in [0.2, 0.25) is 0 Å². The van der Waals surface area contributed by atoms with E-state index in [1.54, 1.807) is 39.0 Å². The number of ether oxygens (including phenoxy) is 4. The van der Waals surface area contributed by atoms with E-state index in [1.807, 2.05) is 0 Å². The lowest BCUT2D eigenvalue weighted by molar-refractivity contribution is -0.227. The van der Waals surface area contributed by atoms with Gasteiger partial charge in [0, 0.05) is 17.8 Å². The highest BCUT2D eigenvalue weighted by Gasteiger charge is 2.56. The number of hydrogen-bond donors (Lipinski definition) is 3. The molecule has 3 N–H and O–H groups in total. The number of alkyl carbamates (subject to hydrolysis) is 1. The summed E-state index contributed by atoms with van der Waals surface area (Å²) in [5.41, 5.74) is 6.12. The Balaban J connectivity index is 2.58. The van der Waals surface area contributed by atoms with Crippen molar-refractivity contribution >= 4 is 18.0 Å². The van der Waals surface area contributed by atoms with E-state index >= 15 is 0 Å². The summed E-state index contributed by atoms with van der Waals surface area (Å²) in [6.45, 7) is 8.02. The van der Waals surface area contributed by atoms with Crippen LogP contribution in [0.3, 0.4) is 0 Å². The monoisotopic (exact) mass is 534 g/mol. The van der Waals surface area contributed by atoms with Crippen molar-refractivity contribution < 1.29 is 43.5 Å². The minimum Gasteiger partial charge on any atom is -0.467 e. The van der Waals surface area contributed by atoms with Gasteiger partial charge in [-0.3, -0.25) is 0 Å². The number of aliphatic hydroxyl groups excluding tert-OH is 2. The van der Waals surface area contributed by atoms with Gasteiger partial charge in [0.2, 0.25) is 0 Å². The number of hydrogen-bond acceptors (Lipinski definition) is 10. The molecule has 208 valence electrons. The van der Waals surface area contributed by atoms with Gasteiger partial charge in [0.25, 0.3) is 0 Å². The zero-order valence-electron chi connectivity index (χ0n) is 21.8.